The third-order valence-corrected chi connectivity index (χ3v) is 8.55. The molecule has 40 heavy (non-hydrogen) atoms. The zero-order valence-corrected chi connectivity index (χ0v) is 22.7. The summed E-state index contributed by atoms with van der Waals surface area (Å²) in [5.74, 6) is 0.128. The lowest BCUT2D eigenvalue weighted by atomic mass is 9.73. The molecule has 2 aliphatic heterocycles. The van der Waals surface area contributed by atoms with Gasteiger partial charge in [-0.2, -0.15) is 0 Å². The van der Waals surface area contributed by atoms with Gasteiger partial charge in [0.25, 0.3) is 0 Å². The molecule has 2 fully saturated rings. The summed E-state index contributed by atoms with van der Waals surface area (Å²) in [5, 5.41) is 2.95. The van der Waals surface area contributed by atoms with E-state index >= 15 is 0 Å². The molecule has 2 heterocycles. The van der Waals surface area contributed by atoms with Gasteiger partial charge in [-0.3, -0.25) is 14.5 Å². The van der Waals surface area contributed by atoms with Gasteiger partial charge in [-0.25, -0.2) is 0 Å². The average molecular weight is 530 g/mol. The van der Waals surface area contributed by atoms with Gasteiger partial charge < -0.3 is 10.2 Å². The molecule has 1 unspecified atom stereocenters. The van der Waals surface area contributed by atoms with Gasteiger partial charge >= 0.3 is 0 Å². The molecule has 0 aliphatic carbocycles. The molecule has 5 heteroatoms. The van der Waals surface area contributed by atoms with E-state index in [4.69, 9.17) is 0 Å². The Hall–Kier alpha value is -4.22. The van der Waals surface area contributed by atoms with E-state index in [1.807, 2.05) is 48.5 Å². The smallest absolute Gasteiger partial charge is 0.238 e. The van der Waals surface area contributed by atoms with E-state index in [0.29, 0.717) is 32.6 Å². The minimum atomic E-state index is -0.752. The minimum Gasteiger partial charge on any atom is -0.354 e. The van der Waals surface area contributed by atoms with E-state index in [2.05, 4.69) is 87.9 Å². The van der Waals surface area contributed by atoms with Crippen LogP contribution in [0.1, 0.15) is 34.6 Å². The van der Waals surface area contributed by atoms with Crippen molar-refractivity contribution in [3.05, 3.63) is 144 Å². The maximum Gasteiger partial charge on any atom is 0.238 e. The molecule has 4 aromatic carbocycles. The van der Waals surface area contributed by atoms with E-state index in [0.717, 1.165) is 17.7 Å². The Bertz CT molecular complexity index is 1350. The molecule has 0 spiro atoms. The quantitative estimate of drug-likeness (QED) is 0.356. The van der Waals surface area contributed by atoms with Gasteiger partial charge in [-0.15, -0.1) is 0 Å². The number of hydrogen-bond acceptors (Lipinski definition) is 3. The summed E-state index contributed by atoms with van der Waals surface area (Å²) in [4.78, 5) is 31.7. The zero-order chi connectivity index (χ0) is 27.4. The first-order chi connectivity index (χ1) is 19.7. The van der Waals surface area contributed by atoms with Gasteiger partial charge in [0.2, 0.25) is 11.8 Å². The lowest BCUT2D eigenvalue weighted by Gasteiger charge is -2.40. The number of likely N-dealkylation sites (tertiary alicyclic amines) is 1. The first-order valence-electron chi connectivity index (χ1n) is 14.2. The number of benzene rings is 4. The second-order valence-electron chi connectivity index (χ2n) is 10.8. The molecule has 0 bridgehead atoms. The van der Waals surface area contributed by atoms with Crippen LogP contribution in [-0.4, -0.2) is 60.4 Å². The monoisotopic (exact) mass is 529 g/mol. The van der Waals surface area contributed by atoms with Gasteiger partial charge in [0.15, 0.2) is 0 Å². The van der Waals surface area contributed by atoms with Crippen LogP contribution in [0.15, 0.2) is 121 Å². The Labute approximate surface area is 236 Å². The summed E-state index contributed by atoms with van der Waals surface area (Å²) in [6.45, 7) is 3.00. The fourth-order valence-electron chi connectivity index (χ4n) is 6.66. The third kappa shape index (κ3) is 4.93. The summed E-state index contributed by atoms with van der Waals surface area (Å²) in [5.41, 5.74) is 3.65. The predicted molar refractivity (Wildman–Crippen MR) is 158 cm³/mol. The van der Waals surface area contributed by atoms with Crippen LogP contribution in [0.3, 0.4) is 0 Å². The Balaban J connectivity index is 1.47. The number of carbonyl (C=O) groups excluding carboxylic acids is 2. The molecular formula is C35H35N3O2. The van der Waals surface area contributed by atoms with Crippen molar-refractivity contribution in [1.82, 2.24) is 15.1 Å². The van der Waals surface area contributed by atoms with Crippen molar-refractivity contribution < 1.29 is 9.59 Å². The van der Waals surface area contributed by atoms with Crippen LogP contribution in [-0.2, 0) is 15.0 Å². The van der Waals surface area contributed by atoms with Crippen LogP contribution >= 0.6 is 0 Å². The fraction of sp³-hybridized carbons (Fsp3) is 0.257. The molecule has 2 amide bonds. The summed E-state index contributed by atoms with van der Waals surface area (Å²) >= 11 is 0. The van der Waals surface area contributed by atoms with Gasteiger partial charge in [0.05, 0.1) is 12.6 Å². The van der Waals surface area contributed by atoms with Gasteiger partial charge in [0.1, 0.15) is 5.41 Å². The number of nitrogens with zero attached hydrogens (tertiary/aromatic N) is 2. The Morgan fingerprint density at radius 2 is 1.18 bits per heavy atom. The molecule has 2 saturated heterocycles. The molecule has 202 valence electrons. The Morgan fingerprint density at radius 3 is 1.68 bits per heavy atom. The summed E-state index contributed by atoms with van der Waals surface area (Å²) < 4.78 is 0. The van der Waals surface area contributed by atoms with E-state index in [1.165, 1.54) is 11.1 Å². The van der Waals surface area contributed by atoms with Gasteiger partial charge in [-0.05, 0) is 28.7 Å². The molecule has 6 rings (SSSR count). The minimum absolute atomic E-state index is 0.0386. The van der Waals surface area contributed by atoms with Crippen molar-refractivity contribution >= 4 is 11.8 Å². The van der Waals surface area contributed by atoms with Crippen LogP contribution in [0.5, 0.6) is 0 Å². The molecule has 0 saturated carbocycles. The molecule has 0 radical (unpaired) electrons. The molecule has 5 nitrogen and oxygen atoms in total. The van der Waals surface area contributed by atoms with Crippen LogP contribution in [0.4, 0.5) is 0 Å². The predicted octanol–water partition coefficient (Wildman–Crippen LogP) is 4.84. The second kappa shape index (κ2) is 11.5. The summed E-state index contributed by atoms with van der Waals surface area (Å²) in [7, 11) is 0. The van der Waals surface area contributed by atoms with Crippen molar-refractivity contribution in [1.29, 1.82) is 0 Å². The molecule has 4 aromatic rings. The largest absolute Gasteiger partial charge is 0.354 e. The number of nitrogens with one attached hydrogen (secondary N) is 1. The van der Waals surface area contributed by atoms with Crippen LogP contribution in [0.25, 0.3) is 0 Å². The highest BCUT2D eigenvalue weighted by Gasteiger charge is 2.52. The van der Waals surface area contributed by atoms with Crippen LogP contribution < -0.4 is 5.32 Å². The number of rotatable bonds is 8. The van der Waals surface area contributed by atoms with Crippen molar-refractivity contribution in [3.8, 4) is 0 Å². The van der Waals surface area contributed by atoms with Crippen LogP contribution in [0, 0.1) is 0 Å². The van der Waals surface area contributed by atoms with Crippen molar-refractivity contribution in [2.24, 2.45) is 0 Å². The van der Waals surface area contributed by atoms with Crippen molar-refractivity contribution in [3.63, 3.8) is 0 Å². The first-order valence-corrected chi connectivity index (χ1v) is 14.2. The number of hydrogen-bond donors (Lipinski definition) is 1. The van der Waals surface area contributed by atoms with E-state index in [9.17, 15) is 9.59 Å². The van der Waals surface area contributed by atoms with Crippen LogP contribution in [0.2, 0.25) is 0 Å². The lowest BCUT2D eigenvalue weighted by molar-refractivity contribution is -0.134. The molecule has 1 atom stereocenters. The average Bonchev–Trinajstić information content (AvgIpc) is 3.36. The molecule has 0 aromatic heterocycles. The second-order valence-corrected chi connectivity index (χ2v) is 10.8. The van der Waals surface area contributed by atoms with Gasteiger partial charge in [0, 0.05) is 32.1 Å². The Morgan fingerprint density at radius 1 is 0.675 bits per heavy atom. The maximum absolute atomic E-state index is 15.0. The fourth-order valence-corrected chi connectivity index (χ4v) is 6.66. The third-order valence-electron chi connectivity index (χ3n) is 8.55. The Kier molecular flexibility index (Phi) is 7.47. The lowest BCUT2D eigenvalue weighted by Crippen LogP contribution is -2.55. The van der Waals surface area contributed by atoms with Crippen molar-refractivity contribution in [2.75, 3.05) is 32.7 Å². The topological polar surface area (TPSA) is 52.7 Å². The maximum atomic E-state index is 15.0. The van der Waals surface area contributed by atoms with E-state index in [-0.39, 0.29) is 23.8 Å². The number of piperazine rings is 1. The zero-order valence-electron chi connectivity index (χ0n) is 22.7. The van der Waals surface area contributed by atoms with E-state index < -0.39 is 5.41 Å². The highest BCUT2D eigenvalue weighted by molar-refractivity contribution is 5.94. The SMILES string of the molecule is O=C1CN(CC(C(c2ccccc2)c2ccccc2)N2CCC(c3ccccc3)(c3ccccc3)C2=O)CCN1. The van der Waals surface area contributed by atoms with Crippen molar-refractivity contribution in [2.45, 2.75) is 23.8 Å². The molecular weight excluding hydrogens is 494 g/mol. The highest BCUT2D eigenvalue weighted by atomic mass is 16.2. The van der Waals surface area contributed by atoms with Gasteiger partial charge in [-0.1, -0.05) is 121 Å². The number of amides is 2. The standard InChI is InChI=1S/C35H35N3O2/c39-32-26-37(24-22-36-32)25-31(33(27-13-5-1-6-14-27)28-15-7-2-8-16-28)38-23-21-35(34(38)40,29-17-9-3-10-18-29)30-19-11-4-12-20-30/h1-20,31,33H,21-26H2,(H,36,39). The highest BCUT2D eigenvalue weighted by Crippen LogP contribution is 2.45. The van der Waals surface area contributed by atoms with E-state index in [1.54, 1.807) is 0 Å². The number of carbonyl (C=O) groups is 2. The molecule has 2 aliphatic rings. The summed E-state index contributed by atoms with van der Waals surface area (Å²) in [6.07, 6.45) is 0.702. The normalized spacial score (nSPS) is 18.1. The molecule has 1 N–H and O–H groups in total. The first kappa shape index (κ1) is 26.0. The summed E-state index contributed by atoms with van der Waals surface area (Å²) in [6, 6.07) is 41.3.